The van der Waals surface area contributed by atoms with Gasteiger partial charge < -0.3 is 30.0 Å². The van der Waals surface area contributed by atoms with E-state index in [1.54, 1.807) is 0 Å². The molecule has 0 saturated carbocycles. The SMILES string of the molecule is O=NO[C@](O)(CO)[C@H]1OC(=O)C(O)=C1O. The van der Waals surface area contributed by atoms with E-state index >= 15 is 0 Å². The number of hydrogen-bond acceptors (Lipinski definition) is 9. The molecule has 9 nitrogen and oxygen atoms in total. The van der Waals surface area contributed by atoms with Crippen molar-refractivity contribution in [1.82, 2.24) is 0 Å². The second-order valence-electron chi connectivity index (χ2n) is 2.69. The minimum atomic E-state index is -2.73. The van der Waals surface area contributed by atoms with Crippen LogP contribution in [0.15, 0.2) is 16.9 Å². The molecule has 4 N–H and O–H groups in total. The topological polar surface area (TPSA) is 146 Å². The van der Waals surface area contributed by atoms with Gasteiger partial charge in [0.2, 0.25) is 11.9 Å². The van der Waals surface area contributed by atoms with Crippen molar-refractivity contribution >= 4 is 5.97 Å². The molecule has 0 spiro atoms. The molecule has 0 aliphatic carbocycles. The summed E-state index contributed by atoms with van der Waals surface area (Å²) in [5, 5.41) is 37.9. The number of carbonyl (C=O) groups excluding carboxylic acids is 1. The molecule has 1 aliphatic heterocycles. The Morgan fingerprint density at radius 3 is 2.47 bits per heavy atom. The highest BCUT2D eigenvalue weighted by molar-refractivity contribution is 5.89. The van der Waals surface area contributed by atoms with Crippen molar-refractivity contribution in [3.05, 3.63) is 16.4 Å². The molecule has 0 unspecified atom stereocenters. The summed E-state index contributed by atoms with van der Waals surface area (Å²) in [5.74, 6) is -6.24. The molecule has 0 amide bonds. The first-order valence-electron chi connectivity index (χ1n) is 3.63. The average Bonchev–Trinajstić information content (AvgIpc) is 2.47. The van der Waals surface area contributed by atoms with Crippen LogP contribution in [0.3, 0.4) is 0 Å². The first-order valence-corrected chi connectivity index (χ1v) is 3.63. The van der Waals surface area contributed by atoms with Gasteiger partial charge in [-0.2, -0.15) is 0 Å². The summed E-state index contributed by atoms with van der Waals surface area (Å²) in [7, 11) is 0. The second kappa shape index (κ2) is 3.71. The summed E-state index contributed by atoms with van der Waals surface area (Å²) in [6.45, 7) is -1.19. The number of aliphatic hydroxyl groups is 4. The van der Waals surface area contributed by atoms with Crippen molar-refractivity contribution in [2.24, 2.45) is 5.34 Å². The number of nitrogens with zero attached hydrogens (tertiary/aromatic N) is 1. The highest BCUT2D eigenvalue weighted by Crippen LogP contribution is 2.28. The fraction of sp³-hybridized carbons (Fsp3) is 0.500. The summed E-state index contributed by atoms with van der Waals surface area (Å²) >= 11 is 0. The van der Waals surface area contributed by atoms with Crippen molar-refractivity contribution < 1.29 is 34.8 Å². The second-order valence-corrected chi connectivity index (χ2v) is 2.69. The first-order chi connectivity index (χ1) is 6.96. The molecule has 1 aliphatic rings. The average molecular weight is 221 g/mol. The Kier molecular flexibility index (Phi) is 2.77. The van der Waals surface area contributed by atoms with Gasteiger partial charge in [0, 0.05) is 0 Å². The van der Waals surface area contributed by atoms with Gasteiger partial charge >= 0.3 is 11.8 Å². The monoisotopic (exact) mass is 221 g/mol. The zero-order valence-electron chi connectivity index (χ0n) is 7.15. The molecule has 15 heavy (non-hydrogen) atoms. The van der Waals surface area contributed by atoms with Gasteiger partial charge in [-0.3, -0.25) is 0 Å². The highest BCUT2D eigenvalue weighted by Gasteiger charge is 2.52. The quantitative estimate of drug-likeness (QED) is 0.196. The van der Waals surface area contributed by atoms with Crippen LogP contribution in [-0.2, 0) is 14.4 Å². The van der Waals surface area contributed by atoms with Gasteiger partial charge in [-0.1, -0.05) is 0 Å². The molecule has 0 radical (unpaired) electrons. The highest BCUT2D eigenvalue weighted by atomic mass is 16.8. The van der Waals surface area contributed by atoms with Crippen LogP contribution < -0.4 is 0 Å². The normalized spacial score (nSPS) is 24.7. The molecule has 0 aromatic rings. The third-order valence-corrected chi connectivity index (χ3v) is 1.74. The van der Waals surface area contributed by atoms with Crippen molar-refractivity contribution in [2.45, 2.75) is 11.9 Å². The number of carbonyl (C=O) groups is 1. The summed E-state index contributed by atoms with van der Waals surface area (Å²) < 4.78 is 4.25. The molecule has 1 heterocycles. The summed E-state index contributed by atoms with van der Waals surface area (Å²) in [6, 6.07) is 0. The number of esters is 1. The van der Waals surface area contributed by atoms with E-state index in [4.69, 9.17) is 15.3 Å². The lowest BCUT2D eigenvalue weighted by Crippen LogP contribution is -2.48. The van der Waals surface area contributed by atoms with E-state index in [2.05, 4.69) is 9.57 Å². The van der Waals surface area contributed by atoms with E-state index in [-0.39, 0.29) is 0 Å². The Morgan fingerprint density at radius 2 is 2.13 bits per heavy atom. The van der Waals surface area contributed by atoms with Crippen molar-refractivity contribution in [3.8, 4) is 0 Å². The van der Waals surface area contributed by atoms with Crippen LogP contribution in [-0.4, -0.2) is 44.9 Å². The molecular formula is C6H7NO8. The molecule has 0 aromatic heterocycles. The number of hydrogen-bond donors (Lipinski definition) is 4. The predicted molar refractivity (Wildman–Crippen MR) is 41.1 cm³/mol. The lowest BCUT2D eigenvalue weighted by molar-refractivity contribution is -0.271. The number of rotatable bonds is 4. The minimum absolute atomic E-state index is 1.06. The van der Waals surface area contributed by atoms with Crippen molar-refractivity contribution in [2.75, 3.05) is 6.61 Å². The summed E-state index contributed by atoms with van der Waals surface area (Å²) in [4.78, 5) is 24.3. The number of aliphatic hydroxyl groups excluding tert-OH is 3. The van der Waals surface area contributed by atoms with Crippen LogP contribution in [0.4, 0.5) is 0 Å². The number of cyclic esters (lactones) is 1. The summed E-state index contributed by atoms with van der Waals surface area (Å²) in [6.07, 6.45) is -1.91. The largest absolute Gasteiger partial charge is 0.505 e. The Bertz CT molecular complexity index is 325. The Morgan fingerprint density at radius 1 is 1.53 bits per heavy atom. The van der Waals surface area contributed by atoms with Gasteiger partial charge in [-0.05, 0) is 0 Å². The molecule has 9 heteroatoms. The standard InChI is InChI=1S/C6H7NO8/c8-1-6(12,15-7-13)4-2(9)3(10)5(11)14-4/h4,8-10,12H,1H2/t4-,6+/m0/s1. The van der Waals surface area contributed by atoms with Crippen LogP contribution in [0, 0.1) is 4.91 Å². The van der Waals surface area contributed by atoms with Gasteiger partial charge in [-0.15, -0.1) is 4.91 Å². The van der Waals surface area contributed by atoms with Gasteiger partial charge in [0.25, 0.3) is 0 Å². The van der Waals surface area contributed by atoms with Crippen LogP contribution >= 0.6 is 0 Å². The van der Waals surface area contributed by atoms with Crippen molar-refractivity contribution in [1.29, 1.82) is 0 Å². The van der Waals surface area contributed by atoms with E-state index in [0.717, 1.165) is 0 Å². The van der Waals surface area contributed by atoms with Gasteiger partial charge in [0.1, 0.15) is 6.61 Å². The molecule has 0 aromatic carbocycles. The smallest absolute Gasteiger partial charge is 0.378 e. The van der Waals surface area contributed by atoms with Crippen LogP contribution in [0.2, 0.25) is 0 Å². The van der Waals surface area contributed by atoms with Crippen molar-refractivity contribution in [3.63, 3.8) is 0 Å². The molecule has 1 rings (SSSR count). The van der Waals surface area contributed by atoms with Crippen LogP contribution in [0.5, 0.6) is 0 Å². The third-order valence-electron chi connectivity index (χ3n) is 1.74. The van der Waals surface area contributed by atoms with E-state index in [9.17, 15) is 14.8 Å². The van der Waals surface area contributed by atoms with E-state index in [1.807, 2.05) is 5.34 Å². The zero-order valence-corrected chi connectivity index (χ0v) is 7.15. The van der Waals surface area contributed by atoms with Crippen LogP contribution in [0.25, 0.3) is 0 Å². The Hall–Kier alpha value is -1.87. The van der Waals surface area contributed by atoms with Gasteiger partial charge in [0.05, 0.1) is 0 Å². The summed E-state index contributed by atoms with van der Waals surface area (Å²) in [5.41, 5.74) is 0. The lowest BCUT2D eigenvalue weighted by atomic mass is 10.1. The third kappa shape index (κ3) is 1.69. The lowest BCUT2D eigenvalue weighted by Gasteiger charge is -2.25. The minimum Gasteiger partial charge on any atom is -0.505 e. The molecule has 2 atom stereocenters. The first kappa shape index (κ1) is 11.2. The molecule has 0 bridgehead atoms. The van der Waals surface area contributed by atoms with E-state index < -0.39 is 36.0 Å². The maximum absolute atomic E-state index is 10.7. The Balaban J connectivity index is 2.98. The van der Waals surface area contributed by atoms with Gasteiger partial charge in [-0.25, -0.2) is 4.79 Å². The van der Waals surface area contributed by atoms with Gasteiger partial charge in [0.15, 0.2) is 11.1 Å². The fourth-order valence-electron chi connectivity index (χ4n) is 0.977. The zero-order chi connectivity index (χ0) is 11.6. The maximum atomic E-state index is 10.7. The molecule has 84 valence electrons. The number of ether oxygens (including phenoxy) is 1. The molecular weight excluding hydrogens is 214 g/mol. The van der Waals surface area contributed by atoms with E-state index in [0.29, 0.717) is 0 Å². The Labute approximate surface area is 82.1 Å². The van der Waals surface area contributed by atoms with E-state index in [1.165, 1.54) is 0 Å². The predicted octanol–water partition coefficient (Wildman–Crippen LogP) is -1.38. The maximum Gasteiger partial charge on any atom is 0.378 e. The fourth-order valence-corrected chi connectivity index (χ4v) is 0.977. The molecule has 0 fully saturated rings. The molecule has 0 saturated heterocycles. The van der Waals surface area contributed by atoms with Crippen LogP contribution in [0.1, 0.15) is 0 Å².